The van der Waals surface area contributed by atoms with Gasteiger partial charge in [0.15, 0.2) is 0 Å². The van der Waals surface area contributed by atoms with Crippen molar-refractivity contribution in [2.75, 3.05) is 19.7 Å². The minimum Gasteiger partial charge on any atom is -0.374 e. The van der Waals surface area contributed by atoms with Gasteiger partial charge < -0.3 is 10.5 Å². The Morgan fingerprint density at radius 1 is 1.16 bits per heavy atom. The third-order valence-corrected chi connectivity index (χ3v) is 4.22. The summed E-state index contributed by atoms with van der Waals surface area (Å²) in [7, 11) is 0. The Bertz CT molecular complexity index is 221. The molecule has 1 rings (SSSR count). The van der Waals surface area contributed by atoms with Crippen molar-refractivity contribution in [3.8, 4) is 0 Å². The number of unbranched alkanes of at least 4 members (excludes halogenated alkanes) is 5. The average Bonchev–Trinajstić information content (AvgIpc) is 2.42. The van der Waals surface area contributed by atoms with Crippen LogP contribution in [0.5, 0.6) is 0 Å². The van der Waals surface area contributed by atoms with Crippen molar-refractivity contribution in [1.29, 1.82) is 0 Å². The Morgan fingerprint density at radius 3 is 2.53 bits per heavy atom. The lowest BCUT2D eigenvalue weighted by atomic mass is 10.0. The molecule has 1 aliphatic heterocycles. The summed E-state index contributed by atoms with van der Waals surface area (Å²) in [6.45, 7) is 9.67. The van der Waals surface area contributed by atoms with Crippen LogP contribution in [0.2, 0.25) is 0 Å². The van der Waals surface area contributed by atoms with Gasteiger partial charge in [0, 0.05) is 25.2 Å². The molecule has 3 nitrogen and oxygen atoms in total. The molecule has 0 amide bonds. The van der Waals surface area contributed by atoms with Crippen molar-refractivity contribution in [2.45, 2.75) is 83.9 Å². The lowest BCUT2D eigenvalue weighted by molar-refractivity contribution is -0.0509. The molecule has 1 saturated heterocycles. The minimum absolute atomic E-state index is 0.215. The molecule has 2 atom stereocenters. The van der Waals surface area contributed by atoms with E-state index < -0.39 is 0 Å². The van der Waals surface area contributed by atoms with Crippen molar-refractivity contribution < 1.29 is 4.74 Å². The molecule has 114 valence electrons. The van der Waals surface area contributed by atoms with E-state index in [2.05, 4.69) is 25.7 Å². The summed E-state index contributed by atoms with van der Waals surface area (Å²) in [6, 6.07) is 0.820. The van der Waals surface area contributed by atoms with Crippen LogP contribution in [0.4, 0.5) is 0 Å². The van der Waals surface area contributed by atoms with E-state index in [9.17, 15) is 0 Å². The van der Waals surface area contributed by atoms with Crippen LogP contribution < -0.4 is 5.73 Å². The highest BCUT2D eigenvalue weighted by molar-refractivity contribution is 4.81. The van der Waals surface area contributed by atoms with Crippen molar-refractivity contribution >= 4 is 0 Å². The number of hydrogen-bond donors (Lipinski definition) is 1. The highest BCUT2D eigenvalue weighted by Gasteiger charge is 2.26. The number of hydrogen-bond acceptors (Lipinski definition) is 3. The highest BCUT2D eigenvalue weighted by Crippen LogP contribution is 2.15. The van der Waals surface area contributed by atoms with Crippen molar-refractivity contribution in [3.05, 3.63) is 0 Å². The number of nitrogens with zero attached hydrogens (tertiary/aromatic N) is 1. The Kier molecular flexibility index (Phi) is 8.67. The SMILES string of the molecule is CCCCCCCCC(N)C1CN(C(C)C)CCO1. The Hall–Kier alpha value is -0.120. The molecular formula is C16H34N2O. The quantitative estimate of drug-likeness (QED) is 0.654. The topological polar surface area (TPSA) is 38.5 Å². The van der Waals surface area contributed by atoms with Crippen molar-refractivity contribution in [1.82, 2.24) is 4.90 Å². The minimum atomic E-state index is 0.215. The molecule has 3 heteroatoms. The second kappa shape index (κ2) is 9.73. The van der Waals surface area contributed by atoms with Crippen LogP contribution >= 0.6 is 0 Å². The molecule has 0 spiro atoms. The van der Waals surface area contributed by atoms with E-state index in [1.54, 1.807) is 0 Å². The van der Waals surface area contributed by atoms with Gasteiger partial charge in [-0.2, -0.15) is 0 Å². The van der Waals surface area contributed by atoms with Gasteiger partial charge in [-0.3, -0.25) is 4.90 Å². The Labute approximate surface area is 119 Å². The molecular weight excluding hydrogens is 236 g/mol. The fourth-order valence-corrected chi connectivity index (χ4v) is 2.77. The molecule has 2 unspecified atom stereocenters. The molecule has 0 radical (unpaired) electrons. The molecule has 1 aliphatic rings. The number of nitrogens with two attached hydrogens (primary N) is 1. The molecule has 19 heavy (non-hydrogen) atoms. The number of ether oxygens (including phenoxy) is 1. The van der Waals surface area contributed by atoms with Gasteiger partial charge in [0.2, 0.25) is 0 Å². The highest BCUT2D eigenvalue weighted by atomic mass is 16.5. The van der Waals surface area contributed by atoms with Crippen LogP contribution in [0.25, 0.3) is 0 Å². The van der Waals surface area contributed by atoms with Gasteiger partial charge in [-0.25, -0.2) is 0 Å². The van der Waals surface area contributed by atoms with Gasteiger partial charge in [0.25, 0.3) is 0 Å². The molecule has 0 bridgehead atoms. The lowest BCUT2D eigenvalue weighted by Crippen LogP contribution is -2.52. The maximum absolute atomic E-state index is 6.30. The van der Waals surface area contributed by atoms with E-state index in [0.29, 0.717) is 6.04 Å². The second-order valence-corrected chi connectivity index (χ2v) is 6.22. The first kappa shape index (κ1) is 16.9. The lowest BCUT2D eigenvalue weighted by Gasteiger charge is -2.37. The summed E-state index contributed by atoms with van der Waals surface area (Å²) in [5.74, 6) is 0. The van der Waals surface area contributed by atoms with Crippen LogP contribution in [-0.4, -0.2) is 42.8 Å². The molecule has 2 N–H and O–H groups in total. The Morgan fingerprint density at radius 2 is 1.84 bits per heavy atom. The predicted molar refractivity (Wildman–Crippen MR) is 82.4 cm³/mol. The van der Waals surface area contributed by atoms with Gasteiger partial charge in [0.1, 0.15) is 0 Å². The number of morpholine rings is 1. The van der Waals surface area contributed by atoms with E-state index in [4.69, 9.17) is 10.5 Å². The van der Waals surface area contributed by atoms with Crippen LogP contribution in [0.1, 0.15) is 65.7 Å². The summed E-state index contributed by atoms with van der Waals surface area (Å²) >= 11 is 0. The van der Waals surface area contributed by atoms with Gasteiger partial charge in [0.05, 0.1) is 12.7 Å². The monoisotopic (exact) mass is 270 g/mol. The van der Waals surface area contributed by atoms with Crippen molar-refractivity contribution in [2.24, 2.45) is 5.73 Å². The Balaban J connectivity index is 2.12. The fraction of sp³-hybridized carbons (Fsp3) is 1.00. The predicted octanol–water partition coefficient (Wildman–Crippen LogP) is 3.17. The summed E-state index contributed by atoms with van der Waals surface area (Å²) in [5, 5.41) is 0. The standard InChI is InChI=1S/C16H34N2O/c1-4-5-6-7-8-9-10-15(17)16-13-18(14(2)3)11-12-19-16/h14-16H,4-13,17H2,1-3H3. The molecule has 0 aliphatic carbocycles. The summed E-state index contributed by atoms with van der Waals surface area (Å²) in [4.78, 5) is 2.48. The van der Waals surface area contributed by atoms with Crippen LogP contribution in [0.3, 0.4) is 0 Å². The van der Waals surface area contributed by atoms with Crippen molar-refractivity contribution in [3.63, 3.8) is 0 Å². The van der Waals surface area contributed by atoms with E-state index in [0.717, 1.165) is 26.1 Å². The van der Waals surface area contributed by atoms with Gasteiger partial charge in [-0.15, -0.1) is 0 Å². The van der Waals surface area contributed by atoms with Crippen LogP contribution in [0, 0.1) is 0 Å². The van der Waals surface area contributed by atoms with Gasteiger partial charge >= 0.3 is 0 Å². The first-order valence-electron chi connectivity index (χ1n) is 8.26. The molecule has 0 aromatic rings. The zero-order valence-electron chi connectivity index (χ0n) is 13.2. The van der Waals surface area contributed by atoms with E-state index in [1.165, 1.54) is 38.5 Å². The molecule has 1 fully saturated rings. The normalized spacial score (nSPS) is 22.9. The number of rotatable bonds is 9. The third kappa shape index (κ3) is 6.73. The largest absolute Gasteiger partial charge is 0.374 e. The van der Waals surface area contributed by atoms with E-state index in [1.807, 2.05) is 0 Å². The van der Waals surface area contributed by atoms with E-state index in [-0.39, 0.29) is 12.1 Å². The maximum Gasteiger partial charge on any atom is 0.0853 e. The first-order chi connectivity index (χ1) is 9.15. The zero-order chi connectivity index (χ0) is 14.1. The summed E-state index contributed by atoms with van der Waals surface area (Å²) in [5.41, 5.74) is 6.30. The molecule has 0 aromatic heterocycles. The van der Waals surface area contributed by atoms with Gasteiger partial charge in [-0.05, 0) is 20.3 Å². The third-order valence-electron chi connectivity index (χ3n) is 4.22. The van der Waals surface area contributed by atoms with Gasteiger partial charge in [-0.1, -0.05) is 45.4 Å². The summed E-state index contributed by atoms with van der Waals surface area (Å²) < 4.78 is 5.85. The maximum atomic E-state index is 6.30. The fourth-order valence-electron chi connectivity index (χ4n) is 2.77. The summed E-state index contributed by atoms with van der Waals surface area (Å²) in [6.07, 6.45) is 9.38. The zero-order valence-corrected chi connectivity index (χ0v) is 13.2. The molecule has 0 saturated carbocycles. The van der Waals surface area contributed by atoms with Crippen LogP contribution in [0.15, 0.2) is 0 Å². The van der Waals surface area contributed by atoms with E-state index >= 15 is 0 Å². The smallest absolute Gasteiger partial charge is 0.0853 e. The molecule has 1 heterocycles. The first-order valence-corrected chi connectivity index (χ1v) is 8.26. The molecule has 0 aromatic carbocycles. The van der Waals surface area contributed by atoms with Crippen LogP contribution in [-0.2, 0) is 4.74 Å². The second-order valence-electron chi connectivity index (χ2n) is 6.22. The average molecular weight is 270 g/mol.